The molecule has 0 aliphatic heterocycles. The van der Waals surface area contributed by atoms with Gasteiger partial charge < -0.3 is 0 Å². The van der Waals surface area contributed by atoms with Crippen molar-refractivity contribution in [3.8, 4) is 5.69 Å². The number of allylic oxidation sites excluding steroid dienone is 5. The zero-order valence-corrected chi connectivity index (χ0v) is 14.0. The van der Waals surface area contributed by atoms with Gasteiger partial charge in [-0.25, -0.2) is 4.98 Å². The van der Waals surface area contributed by atoms with Crippen LogP contribution in [-0.4, -0.2) is 9.55 Å². The molecule has 114 valence electrons. The minimum Gasteiger partial charge on any atom is -0.300 e. The summed E-state index contributed by atoms with van der Waals surface area (Å²) >= 11 is 6.41. The van der Waals surface area contributed by atoms with Gasteiger partial charge >= 0.3 is 0 Å². The van der Waals surface area contributed by atoms with Crippen LogP contribution in [0, 0.1) is 0 Å². The van der Waals surface area contributed by atoms with Gasteiger partial charge in [0.15, 0.2) is 0 Å². The average molecular weight is 313 g/mol. The molecule has 0 N–H and O–H groups in total. The van der Waals surface area contributed by atoms with E-state index >= 15 is 0 Å². The van der Waals surface area contributed by atoms with E-state index in [1.165, 1.54) is 0 Å². The van der Waals surface area contributed by atoms with Crippen molar-refractivity contribution in [2.45, 2.75) is 26.7 Å². The van der Waals surface area contributed by atoms with E-state index in [2.05, 4.69) is 37.5 Å². The molecule has 1 aromatic heterocycles. The second-order valence-electron chi connectivity index (χ2n) is 5.33. The van der Waals surface area contributed by atoms with Gasteiger partial charge in [0.05, 0.1) is 0 Å². The highest BCUT2D eigenvalue weighted by atomic mass is 35.5. The van der Waals surface area contributed by atoms with Crippen molar-refractivity contribution < 1.29 is 0 Å². The highest BCUT2D eigenvalue weighted by molar-refractivity contribution is 6.31. The maximum Gasteiger partial charge on any atom is 0.144 e. The highest BCUT2D eigenvalue weighted by Crippen LogP contribution is 2.28. The third-order valence-electron chi connectivity index (χ3n) is 3.47. The van der Waals surface area contributed by atoms with Gasteiger partial charge in [-0.15, -0.1) is 0 Å². The maximum atomic E-state index is 6.41. The van der Waals surface area contributed by atoms with Crippen LogP contribution in [0.4, 0.5) is 0 Å². The maximum absolute atomic E-state index is 6.41. The molecule has 0 unspecified atom stereocenters. The third-order valence-corrected chi connectivity index (χ3v) is 3.80. The Labute approximate surface area is 137 Å². The molecule has 0 fully saturated rings. The Hall–Kier alpha value is -2.06. The average Bonchev–Trinajstić information content (AvgIpc) is 2.97. The van der Waals surface area contributed by atoms with Gasteiger partial charge in [-0.05, 0) is 30.5 Å². The SMILES string of the molecule is C=C/C(=C\C=C/C)c1nccn1-c1ccc(C(C)C)c(Cl)c1. The Bertz CT molecular complexity index is 721. The Kier molecular flexibility index (Phi) is 5.40. The fourth-order valence-electron chi connectivity index (χ4n) is 2.29. The first-order valence-electron chi connectivity index (χ1n) is 7.37. The predicted molar refractivity (Wildman–Crippen MR) is 95.7 cm³/mol. The Morgan fingerprint density at radius 1 is 1.36 bits per heavy atom. The molecule has 0 aliphatic carbocycles. The lowest BCUT2D eigenvalue weighted by atomic mass is 10.0. The lowest BCUT2D eigenvalue weighted by Gasteiger charge is -2.12. The van der Waals surface area contributed by atoms with Gasteiger partial charge in [0.1, 0.15) is 5.82 Å². The van der Waals surface area contributed by atoms with E-state index in [1.807, 2.05) is 48.1 Å². The normalized spacial score (nSPS) is 12.3. The molecule has 0 saturated carbocycles. The van der Waals surface area contributed by atoms with Gasteiger partial charge in [-0.3, -0.25) is 4.57 Å². The molecule has 22 heavy (non-hydrogen) atoms. The summed E-state index contributed by atoms with van der Waals surface area (Å²) in [5.41, 5.74) is 3.11. The monoisotopic (exact) mass is 312 g/mol. The van der Waals surface area contributed by atoms with Crippen LogP contribution in [0.2, 0.25) is 5.02 Å². The fourth-order valence-corrected chi connectivity index (χ4v) is 2.69. The lowest BCUT2D eigenvalue weighted by Crippen LogP contribution is -2.00. The number of rotatable bonds is 5. The summed E-state index contributed by atoms with van der Waals surface area (Å²) in [6.45, 7) is 10.1. The van der Waals surface area contributed by atoms with Gasteiger partial charge in [-0.2, -0.15) is 0 Å². The topological polar surface area (TPSA) is 17.8 Å². The summed E-state index contributed by atoms with van der Waals surface area (Å²) in [4.78, 5) is 4.45. The van der Waals surface area contributed by atoms with Gasteiger partial charge in [0, 0.05) is 28.7 Å². The Morgan fingerprint density at radius 2 is 2.14 bits per heavy atom. The summed E-state index contributed by atoms with van der Waals surface area (Å²) in [7, 11) is 0. The van der Waals surface area contributed by atoms with E-state index in [9.17, 15) is 0 Å². The van der Waals surface area contributed by atoms with Crippen LogP contribution in [0.5, 0.6) is 0 Å². The molecule has 0 radical (unpaired) electrons. The summed E-state index contributed by atoms with van der Waals surface area (Å²) in [5, 5.41) is 0.782. The summed E-state index contributed by atoms with van der Waals surface area (Å²) < 4.78 is 2.02. The van der Waals surface area contributed by atoms with Crippen molar-refractivity contribution in [2.75, 3.05) is 0 Å². The zero-order valence-electron chi connectivity index (χ0n) is 13.3. The molecule has 3 heteroatoms. The quantitative estimate of drug-likeness (QED) is 0.638. The molecule has 0 bridgehead atoms. The molecule has 2 rings (SSSR count). The number of halogens is 1. The Morgan fingerprint density at radius 3 is 2.73 bits per heavy atom. The number of aromatic nitrogens is 2. The van der Waals surface area contributed by atoms with Crippen molar-refractivity contribution in [1.29, 1.82) is 0 Å². The predicted octanol–water partition coefficient (Wildman–Crippen LogP) is 5.79. The molecule has 2 nitrogen and oxygen atoms in total. The second kappa shape index (κ2) is 7.28. The van der Waals surface area contributed by atoms with Gasteiger partial charge in [-0.1, -0.05) is 62.4 Å². The summed E-state index contributed by atoms with van der Waals surface area (Å²) in [6.07, 6.45) is 11.5. The van der Waals surface area contributed by atoms with Crippen molar-refractivity contribution >= 4 is 17.2 Å². The molecule has 0 atom stereocenters. The van der Waals surface area contributed by atoms with E-state index in [-0.39, 0.29) is 0 Å². The third kappa shape index (κ3) is 3.40. The van der Waals surface area contributed by atoms with Crippen LogP contribution in [0.15, 0.2) is 61.5 Å². The van der Waals surface area contributed by atoms with Gasteiger partial charge in [0.25, 0.3) is 0 Å². The number of hydrogen-bond donors (Lipinski definition) is 0. The van der Waals surface area contributed by atoms with E-state index < -0.39 is 0 Å². The molecular formula is C19H21ClN2. The van der Waals surface area contributed by atoms with Crippen molar-refractivity contribution in [3.63, 3.8) is 0 Å². The molecule has 0 saturated heterocycles. The van der Waals surface area contributed by atoms with E-state index in [1.54, 1.807) is 6.20 Å². The molecule has 1 heterocycles. The van der Waals surface area contributed by atoms with Crippen LogP contribution >= 0.6 is 11.6 Å². The number of benzene rings is 1. The summed E-state index contributed by atoms with van der Waals surface area (Å²) in [6, 6.07) is 6.14. The molecule has 1 aromatic carbocycles. The van der Waals surface area contributed by atoms with E-state index in [0.29, 0.717) is 5.92 Å². The number of nitrogens with zero attached hydrogens (tertiary/aromatic N) is 2. The first-order chi connectivity index (χ1) is 10.6. The minimum absolute atomic E-state index is 0.405. The molecule has 2 aromatic rings. The van der Waals surface area contributed by atoms with Crippen LogP contribution < -0.4 is 0 Å². The standard InChI is InChI=1S/C19H21ClN2/c1-5-7-8-15(6-2)19-21-11-12-22(19)16-9-10-17(14(3)4)18(20)13-16/h5-14H,2H2,1,3-4H3/b7-5-,15-8+. The van der Waals surface area contributed by atoms with Crippen LogP contribution in [0.1, 0.15) is 38.1 Å². The van der Waals surface area contributed by atoms with Gasteiger partial charge in [0.2, 0.25) is 0 Å². The second-order valence-corrected chi connectivity index (χ2v) is 5.74. The van der Waals surface area contributed by atoms with Crippen LogP contribution in [0.25, 0.3) is 11.3 Å². The van der Waals surface area contributed by atoms with Crippen molar-refractivity contribution in [2.24, 2.45) is 0 Å². The van der Waals surface area contributed by atoms with Crippen molar-refractivity contribution in [3.05, 3.63) is 77.9 Å². The largest absolute Gasteiger partial charge is 0.300 e. The summed E-state index contributed by atoms with van der Waals surface area (Å²) in [5.74, 6) is 1.25. The highest BCUT2D eigenvalue weighted by Gasteiger charge is 2.11. The first kappa shape index (κ1) is 16.3. The van der Waals surface area contributed by atoms with E-state index in [0.717, 1.165) is 27.7 Å². The molecule has 0 amide bonds. The fraction of sp³-hybridized carbons (Fsp3) is 0.211. The number of imidazole rings is 1. The minimum atomic E-state index is 0.405. The van der Waals surface area contributed by atoms with E-state index in [4.69, 9.17) is 11.6 Å². The zero-order chi connectivity index (χ0) is 16.1. The molecule has 0 spiro atoms. The first-order valence-corrected chi connectivity index (χ1v) is 7.75. The Balaban J connectivity index is 2.49. The smallest absolute Gasteiger partial charge is 0.144 e. The molecular weight excluding hydrogens is 292 g/mol. The van der Waals surface area contributed by atoms with Crippen LogP contribution in [-0.2, 0) is 0 Å². The molecule has 0 aliphatic rings. The van der Waals surface area contributed by atoms with Crippen LogP contribution in [0.3, 0.4) is 0 Å². The van der Waals surface area contributed by atoms with Crippen molar-refractivity contribution in [1.82, 2.24) is 9.55 Å². The lowest BCUT2D eigenvalue weighted by molar-refractivity contribution is 0.865. The number of hydrogen-bond acceptors (Lipinski definition) is 1.